The van der Waals surface area contributed by atoms with Crippen molar-refractivity contribution in [2.75, 3.05) is 0 Å². The van der Waals surface area contributed by atoms with Crippen LogP contribution in [0.3, 0.4) is 0 Å². The smallest absolute Gasteiger partial charge is 0.195 e. The van der Waals surface area contributed by atoms with Crippen LogP contribution in [0, 0.1) is 13.8 Å². The third-order valence-corrected chi connectivity index (χ3v) is 4.48. The maximum atomic E-state index is 13.2. The monoisotopic (exact) mass is 327 g/mol. The number of carbonyl (C=O) groups excluding carboxylic acids is 1. The van der Waals surface area contributed by atoms with E-state index in [0.29, 0.717) is 11.2 Å². The summed E-state index contributed by atoms with van der Waals surface area (Å²) in [7, 11) is 0. The molecule has 0 aliphatic carbocycles. The lowest BCUT2D eigenvalue weighted by molar-refractivity contribution is 0.103. The van der Waals surface area contributed by atoms with Gasteiger partial charge in [0, 0.05) is 52.4 Å². The molecule has 3 aromatic heterocycles. The molecule has 0 bridgehead atoms. The van der Waals surface area contributed by atoms with Gasteiger partial charge in [0.1, 0.15) is 5.65 Å². The number of hydrogen-bond acceptors (Lipinski definition) is 3. The number of hydrogen-bond donors (Lipinski definition) is 1. The van der Waals surface area contributed by atoms with E-state index in [1.54, 1.807) is 24.8 Å². The number of fused-ring (bicyclic) bond motifs is 1. The summed E-state index contributed by atoms with van der Waals surface area (Å²) < 4.78 is 0. The number of nitrogens with zero attached hydrogens (tertiary/aromatic N) is 2. The van der Waals surface area contributed by atoms with Gasteiger partial charge in [-0.15, -0.1) is 0 Å². The number of ketones is 1. The number of rotatable bonds is 3. The number of nitrogens with one attached hydrogen (secondary N) is 1. The van der Waals surface area contributed by atoms with Crippen LogP contribution in [0.15, 0.2) is 61.2 Å². The van der Waals surface area contributed by atoms with Gasteiger partial charge < -0.3 is 4.98 Å². The molecule has 3 heterocycles. The third-order valence-electron chi connectivity index (χ3n) is 4.48. The molecule has 0 aliphatic heterocycles. The van der Waals surface area contributed by atoms with E-state index in [2.05, 4.69) is 15.0 Å². The first-order valence-electron chi connectivity index (χ1n) is 8.13. The molecule has 122 valence electrons. The minimum absolute atomic E-state index is 0.0204. The van der Waals surface area contributed by atoms with Crippen LogP contribution in [0.2, 0.25) is 0 Å². The Labute approximate surface area is 145 Å². The molecule has 0 saturated heterocycles. The third kappa shape index (κ3) is 2.62. The quantitative estimate of drug-likeness (QED) is 0.565. The van der Waals surface area contributed by atoms with E-state index in [0.717, 1.165) is 33.2 Å². The Bertz CT molecular complexity index is 1060. The molecule has 4 aromatic rings. The predicted molar refractivity (Wildman–Crippen MR) is 98.7 cm³/mol. The van der Waals surface area contributed by atoms with E-state index in [4.69, 9.17) is 0 Å². The number of aryl methyl sites for hydroxylation is 2. The first kappa shape index (κ1) is 15.3. The molecule has 1 aromatic carbocycles. The standard InChI is InChI=1S/C21H17N3O/c1-13-5-3-6-14(2)19(13)20(25)18-12-24-21-17(18)9-16(11-23-21)15-7-4-8-22-10-15/h3-12H,1-2H3,(H,23,24). The SMILES string of the molecule is Cc1cccc(C)c1C(=O)c1c[nH]c2ncc(-c3cccnc3)cc12. The van der Waals surface area contributed by atoms with Crippen LogP contribution in [0.4, 0.5) is 0 Å². The first-order chi connectivity index (χ1) is 12.1. The van der Waals surface area contributed by atoms with Gasteiger partial charge in [-0.25, -0.2) is 4.98 Å². The predicted octanol–water partition coefficient (Wildman–Crippen LogP) is 4.47. The van der Waals surface area contributed by atoms with Gasteiger partial charge in [0.15, 0.2) is 5.78 Å². The second-order valence-corrected chi connectivity index (χ2v) is 6.16. The summed E-state index contributed by atoms with van der Waals surface area (Å²) in [5.41, 5.74) is 5.99. The number of H-pyrrole nitrogens is 1. The Morgan fingerprint density at radius 1 is 1.00 bits per heavy atom. The van der Waals surface area contributed by atoms with Crippen LogP contribution < -0.4 is 0 Å². The summed E-state index contributed by atoms with van der Waals surface area (Å²) in [4.78, 5) is 24.9. The number of benzene rings is 1. The molecule has 0 radical (unpaired) electrons. The minimum Gasteiger partial charge on any atom is -0.345 e. The lowest BCUT2D eigenvalue weighted by Gasteiger charge is -2.08. The van der Waals surface area contributed by atoms with Crippen molar-refractivity contribution >= 4 is 16.8 Å². The van der Waals surface area contributed by atoms with Crippen molar-refractivity contribution in [3.8, 4) is 11.1 Å². The van der Waals surface area contributed by atoms with Crippen LogP contribution in [-0.4, -0.2) is 20.7 Å². The summed E-state index contributed by atoms with van der Waals surface area (Å²) in [6, 6.07) is 11.8. The van der Waals surface area contributed by atoms with Crippen LogP contribution in [0.25, 0.3) is 22.2 Å². The molecule has 0 unspecified atom stereocenters. The Balaban J connectivity index is 1.87. The van der Waals surface area contributed by atoms with Crippen molar-refractivity contribution in [2.45, 2.75) is 13.8 Å². The molecule has 4 heteroatoms. The normalized spacial score (nSPS) is 11.0. The molecule has 0 fully saturated rings. The van der Waals surface area contributed by atoms with E-state index in [1.165, 1.54) is 0 Å². The zero-order chi connectivity index (χ0) is 17.4. The summed E-state index contributed by atoms with van der Waals surface area (Å²) in [5, 5.41) is 0.828. The van der Waals surface area contributed by atoms with Gasteiger partial charge in [0.2, 0.25) is 0 Å². The lowest BCUT2D eigenvalue weighted by Crippen LogP contribution is -2.05. The highest BCUT2D eigenvalue weighted by molar-refractivity contribution is 6.17. The summed E-state index contributed by atoms with van der Waals surface area (Å²) in [6.45, 7) is 3.93. The van der Waals surface area contributed by atoms with Gasteiger partial charge in [-0.2, -0.15) is 0 Å². The molecular formula is C21H17N3O. The Morgan fingerprint density at radius 3 is 2.52 bits per heavy atom. The van der Waals surface area contributed by atoms with Gasteiger partial charge in [-0.1, -0.05) is 24.3 Å². The van der Waals surface area contributed by atoms with Gasteiger partial charge in [0.05, 0.1) is 0 Å². The lowest BCUT2D eigenvalue weighted by atomic mass is 9.94. The van der Waals surface area contributed by atoms with Gasteiger partial charge in [-0.05, 0) is 37.1 Å². The largest absolute Gasteiger partial charge is 0.345 e. The average Bonchev–Trinajstić information content (AvgIpc) is 3.05. The van der Waals surface area contributed by atoms with Gasteiger partial charge in [0.25, 0.3) is 0 Å². The highest BCUT2D eigenvalue weighted by Crippen LogP contribution is 2.27. The molecular weight excluding hydrogens is 310 g/mol. The number of aromatic nitrogens is 3. The van der Waals surface area contributed by atoms with Crippen LogP contribution >= 0.6 is 0 Å². The van der Waals surface area contributed by atoms with Crippen molar-refractivity contribution in [3.63, 3.8) is 0 Å². The molecule has 0 amide bonds. The minimum atomic E-state index is 0.0204. The topological polar surface area (TPSA) is 58.6 Å². The van der Waals surface area contributed by atoms with Crippen LogP contribution in [-0.2, 0) is 0 Å². The Kier molecular flexibility index (Phi) is 3.65. The fourth-order valence-electron chi connectivity index (χ4n) is 3.19. The van der Waals surface area contributed by atoms with E-state index in [9.17, 15) is 4.79 Å². The molecule has 4 rings (SSSR count). The van der Waals surface area contributed by atoms with E-state index in [1.807, 2.05) is 50.2 Å². The maximum Gasteiger partial charge on any atom is 0.195 e. The van der Waals surface area contributed by atoms with E-state index in [-0.39, 0.29) is 5.78 Å². The van der Waals surface area contributed by atoms with Gasteiger partial charge in [-0.3, -0.25) is 9.78 Å². The highest BCUT2D eigenvalue weighted by Gasteiger charge is 2.18. The molecule has 4 nitrogen and oxygen atoms in total. The first-order valence-corrected chi connectivity index (χ1v) is 8.13. The molecule has 0 spiro atoms. The number of carbonyl (C=O) groups is 1. The molecule has 0 saturated carbocycles. The van der Waals surface area contributed by atoms with Crippen molar-refractivity contribution < 1.29 is 4.79 Å². The number of aromatic amines is 1. The maximum absolute atomic E-state index is 13.2. The molecule has 25 heavy (non-hydrogen) atoms. The van der Waals surface area contributed by atoms with Crippen molar-refractivity contribution in [1.82, 2.24) is 15.0 Å². The zero-order valence-corrected chi connectivity index (χ0v) is 14.1. The second kappa shape index (κ2) is 5.98. The summed E-state index contributed by atoms with van der Waals surface area (Å²) in [6.07, 6.45) is 7.08. The molecule has 0 aliphatic rings. The van der Waals surface area contributed by atoms with Crippen molar-refractivity contribution in [2.24, 2.45) is 0 Å². The van der Waals surface area contributed by atoms with Crippen LogP contribution in [0.1, 0.15) is 27.0 Å². The van der Waals surface area contributed by atoms with E-state index >= 15 is 0 Å². The Hall–Kier alpha value is -3.27. The summed E-state index contributed by atoms with van der Waals surface area (Å²) in [5.74, 6) is 0.0204. The zero-order valence-electron chi connectivity index (χ0n) is 14.1. The van der Waals surface area contributed by atoms with Crippen molar-refractivity contribution in [3.05, 3.63) is 83.4 Å². The highest BCUT2D eigenvalue weighted by atomic mass is 16.1. The second-order valence-electron chi connectivity index (χ2n) is 6.16. The molecule has 0 atom stereocenters. The summed E-state index contributed by atoms with van der Waals surface area (Å²) >= 11 is 0. The van der Waals surface area contributed by atoms with Crippen molar-refractivity contribution in [1.29, 1.82) is 0 Å². The van der Waals surface area contributed by atoms with Gasteiger partial charge >= 0.3 is 0 Å². The Morgan fingerprint density at radius 2 is 1.80 bits per heavy atom. The number of pyridine rings is 2. The average molecular weight is 327 g/mol. The van der Waals surface area contributed by atoms with Crippen LogP contribution in [0.5, 0.6) is 0 Å². The molecule has 1 N–H and O–H groups in total. The fourth-order valence-corrected chi connectivity index (χ4v) is 3.19. The van der Waals surface area contributed by atoms with E-state index < -0.39 is 0 Å². The fraction of sp³-hybridized carbons (Fsp3) is 0.0952.